The zero-order valence-electron chi connectivity index (χ0n) is 8.38. The van der Waals surface area contributed by atoms with Crippen LogP contribution in [0.5, 0.6) is 0 Å². The van der Waals surface area contributed by atoms with E-state index >= 15 is 0 Å². The first-order valence-corrected chi connectivity index (χ1v) is 4.55. The summed E-state index contributed by atoms with van der Waals surface area (Å²) in [5.74, 6) is -0.339. The summed E-state index contributed by atoms with van der Waals surface area (Å²) in [6.45, 7) is 1.77. The standard InChI is InChI=1S/C10H13FN2O2/c1-7-6-8(11)2-3-9(7)13-10(15)12-4-5-14/h2-3,6,14H,4-5H2,1H3,(H2,12,13,15). The van der Waals surface area contributed by atoms with Crippen molar-refractivity contribution in [3.05, 3.63) is 29.6 Å². The van der Waals surface area contributed by atoms with Gasteiger partial charge < -0.3 is 15.7 Å². The minimum absolute atomic E-state index is 0.115. The van der Waals surface area contributed by atoms with Crippen molar-refractivity contribution in [2.45, 2.75) is 6.92 Å². The van der Waals surface area contributed by atoms with E-state index in [2.05, 4.69) is 10.6 Å². The van der Waals surface area contributed by atoms with Crippen molar-refractivity contribution in [3.63, 3.8) is 0 Å². The molecule has 0 fully saturated rings. The van der Waals surface area contributed by atoms with Crippen LogP contribution in [0.1, 0.15) is 5.56 Å². The molecular formula is C10H13FN2O2. The Kier molecular flexibility index (Phi) is 4.05. The fraction of sp³-hybridized carbons (Fsp3) is 0.300. The highest BCUT2D eigenvalue weighted by atomic mass is 19.1. The molecule has 2 amide bonds. The van der Waals surface area contributed by atoms with Crippen LogP contribution in [0.4, 0.5) is 14.9 Å². The normalized spacial score (nSPS) is 9.80. The largest absolute Gasteiger partial charge is 0.395 e. The van der Waals surface area contributed by atoms with Gasteiger partial charge >= 0.3 is 6.03 Å². The molecule has 0 radical (unpaired) electrons. The van der Waals surface area contributed by atoms with E-state index in [0.29, 0.717) is 11.3 Å². The Morgan fingerprint density at radius 3 is 2.87 bits per heavy atom. The molecule has 0 spiro atoms. The molecule has 1 aromatic carbocycles. The second-order valence-electron chi connectivity index (χ2n) is 3.06. The smallest absolute Gasteiger partial charge is 0.319 e. The maximum absolute atomic E-state index is 12.7. The third kappa shape index (κ3) is 3.55. The minimum atomic E-state index is -0.418. The predicted octanol–water partition coefficient (Wildman–Crippen LogP) is 1.25. The van der Waals surface area contributed by atoms with Gasteiger partial charge in [-0.15, -0.1) is 0 Å². The Morgan fingerprint density at radius 1 is 1.53 bits per heavy atom. The van der Waals surface area contributed by atoms with Crippen molar-refractivity contribution >= 4 is 11.7 Å². The SMILES string of the molecule is Cc1cc(F)ccc1NC(=O)NCCO. The van der Waals surface area contributed by atoms with Crippen LogP contribution < -0.4 is 10.6 Å². The second-order valence-corrected chi connectivity index (χ2v) is 3.06. The van der Waals surface area contributed by atoms with E-state index < -0.39 is 6.03 Å². The fourth-order valence-corrected chi connectivity index (χ4v) is 1.10. The van der Waals surface area contributed by atoms with Gasteiger partial charge in [0.2, 0.25) is 0 Å². The van der Waals surface area contributed by atoms with Crippen LogP contribution in [-0.4, -0.2) is 24.3 Å². The van der Waals surface area contributed by atoms with Gasteiger partial charge in [0.25, 0.3) is 0 Å². The van der Waals surface area contributed by atoms with Gasteiger partial charge in [-0.1, -0.05) is 0 Å². The molecule has 5 heteroatoms. The number of urea groups is 1. The van der Waals surface area contributed by atoms with E-state index in [1.165, 1.54) is 18.2 Å². The zero-order valence-corrected chi connectivity index (χ0v) is 8.38. The Hall–Kier alpha value is -1.62. The molecule has 3 N–H and O–H groups in total. The first-order chi connectivity index (χ1) is 7.13. The van der Waals surface area contributed by atoms with Crippen LogP contribution in [0.25, 0.3) is 0 Å². The van der Waals surface area contributed by atoms with Crippen molar-refractivity contribution in [1.82, 2.24) is 5.32 Å². The molecule has 1 rings (SSSR count). The van der Waals surface area contributed by atoms with Gasteiger partial charge in [-0.05, 0) is 30.7 Å². The summed E-state index contributed by atoms with van der Waals surface area (Å²) in [7, 11) is 0. The first kappa shape index (κ1) is 11.5. The minimum Gasteiger partial charge on any atom is -0.395 e. The average molecular weight is 212 g/mol. The number of benzene rings is 1. The molecule has 1 aromatic rings. The van der Waals surface area contributed by atoms with Crippen LogP contribution >= 0.6 is 0 Å². The maximum atomic E-state index is 12.7. The highest BCUT2D eigenvalue weighted by molar-refractivity contribution is 5.89. The number of carbonyl (C=O) groups excluding carboxylic acids is 1. The highest BCUT2D eigenvalue weighted by Gasteiger charge is 2.03. The number of aliphatic hydroxyl groups excluding tert-OH is 1. The quantitative estimate of drug-likeness (QED) is 0.706. The van der Waals surface area contributed by atoms with Crippen LogP contribution in [-0.2, 0) is 0 Å². The summed E-state index contributed by atoms with van der Waals surface area (Å²) < 4.78 is 12.7. The molecule has 4 nitrogen and oxygen atoms in total. The van der Waals surface area contributed by atoms with E-state index in [0.717, 1.165) is 0 Å². The van der Waals surface area contributed by atoms with Gasteiger partial charge in [-0.2, -0.15) is 0 Å². The Morgan fingerprint density at radius 2 is 2.27 bits per heavy atom. The van der Waals surface area contributed by atoms with Crippen molar-refractivity contribution in [1.29, 1.82) is 0 Å². The summed E-state index contributed by atoms with van der Waals surface area (Å²) in [6, 6.07) is 3.68. The lowest BCUT2D eigenvalue weighted by Crippen LogP contribution is -2.31. The lowest BCUT2D eigenvalue weighted by molar-refractivity contribution is 0.245. The van der Waals surface area contributed by atoms with Crippen molar-refractivity contribution in [2.24, 2.45) is 0 Å². The summed E-state index contributed by atoms with van der Waals surface area (Å²) in [5, 5.41) is 13.5. The molecule has 82 valence electrons. The predicted molar refractivity (Wildman–Crippen MR) is 55.2 cm³/mol. The molecule has 0 atom stereocenters. The number of amides is 2. The number of anilines is 1. The van der Waals surface area contributed by atoms with Gasteiger partial charge in [-0.25, -0.2) is 9.18 Å². The number of hydrogen-bond donors (Lipinski definition) is 3. The number of halogens is 1. The van der Waals surface area contributed by atoms with Gasteiger partial charge in [0.15, 0.2) is 0 Å². The van der Waals surface area contributed by atoms with E-state index in [4.69, 9.17) is 5.11 Å². The lowest BCUT2D eigenvalue weighted by Gasteiger charge is -2.08. The summed E-state index contributed by atoms with van der Waals surface area (Å²) in [5.41, 5.74) is 1.20. The number of carbonyl (C=O) groups is 1. The molecule has 0 saturated heterocycles. The Labute approximate surface area is 87.1 Å². The first-order valence-electron chi connectivity index (χ1n) is 4.55. The molecule has 0 saturated carbocycles. The Balaban J connectivity index is 2.60. The molecule has 0 aromatic heterocycles. The summed E-state index contributed by atoms with van der Waals surface area (Å²) in [4.78, 5) is 11.2. The number of aliphatic hydroxyl groups is 1. The molecular weight excluding hydrogens is 199 g/mol. The average Bonchev–Trinajstić information content (AvgIpc) is 2.19. The third-order valence-corrected chi connectivity index (χ3v) is 1.83. The van der Waals surface area contributed by atoms with Crippen molar-refractivity contribution < 1.29 is 14.3 Å². The van der Waals surface area contributed by atoms with Crippen LogP contribution in [0, 0.1) is 12.7 Å². The maximum Gasteiger partial charge on any atom is 0.319 e. The number of hydrogen-bond acceptors (Lipinski definition) is 2. The van der Waals surface area contributed by atoms with E-state index in [-0.39, 0.29) is 19.0 Å². The second kappa shape index (κ2) is 5.31. The molecule has 0 heterocycles. The van der Waals surface area contributed by atoms with E-state index in [1.807, 2.05) is 0 Å². The molecule has 0 bridgehead atoms. The van der Waals surface area contributed by atoms with Gasteiger partial charge in [0, 0.05) is 12.2 Å². The topological polar surface area (TPSA) is 61.4 Å². The van der Waals surface area contributed by atoms with Crippen LogP contribution in [0.15, 0.2) is 18.2 Å². The molecule has 15 heavy (non-hydrogen) atoms. The number of rotatable bonds is 3. The molecule has 0 aliphatic carbocycles. The number of nitrogens with one attached hydrogen (secondary N) is 2. The number of aryl methyl sites for hydroxylation is 1. The highest BCUT2D eigenvalue weighted by Crippen LogP contribution is 2.15. The summed E-state index contributed by atoms with van der Waals surface area (Å²) in [6.07, 6.45) is 0. The van der Waals surface area contributed by atoms with Gasteiger partial charge in [0.1, 0.15) is 5.82 Å². The lowest BCUT2D eigenvalue weighted by atomic mass is 10.2. The monoisotopic (exact) mass is 212 g/mol. The van der Waals surface area contributed by atoms with E-state index in [1.54, 1.807) is 6.92 Å². The van der Waals surface area contributed by atoms with Gasteiger partial charge in [-0.3, -0.25) is 0 Å². The molecule has 0 aliphatic heterocycles. The fourth-order valence-electron chi connectivity index (χ4n) is 1.10. The van der Waals surface area contributed by atoms with Crippen LogP contribution in [0.2, 0.25) is 0 Å². The van der Waals surface area contributed by atoms with Crippen molar-refractivity contribution in [3.8, 4) is 0 Å². The summed E-state index contributed by atoms with van der Waals surface area (Å²) >= 11 is 0. The molecule has 0 aliphatic rings. The Bertz CT molecular complexity index is 355. The van der Waals surface area contributed by atoms with E-state index in [9.17, 15) is 9.18 Å². The van der Waals surface area contributed by atoms with Gasteiger partial charge in [0.05, 0.1) is 6.61 Å². The third-order valence-electron chi connectivity index (χ3n) is 1.83. The van der Waals surface area contributed by atoms with Crippen LogP contribution in [0.3, 0.4) is 0 Å². The molecule has 0 unspecified atom stereocenters. The van der Waals surface area contributed by atoms with Crippen molar-refractivity contribution in [2.75, 3.05) is 18.5 Å². The zero-order chi connectivity index (χ0) is 11.3.